The van der Waals surface area contributed by atoms with Gasteiger partial charge in [0.25, 0.3) is 11.1 Å². The van der Waals surface area contributed by atoms with Crippen molar-refractivity contribution in [1.82, 2.24) is 15.1 Å². The van der Waals surface area contributed by atoms with E-state index in [4.69, 9.17) is 4.42 Å². The molecule has 0 spiro atoms. The molecular formula is C22H20FN3O5S. The molecule has 0 unspecified atom stereocenters. The number of rotatable bonds is 7. The van der Waals surface area contributed by atoms with Crippen LogP contribution in [0.1, 0.15) is 17.7 Å². The van der Waals surface area contributed by atoms with Crippen LogP contribution in [0.25, 0.3) is 6.08 Å². The third-order valence-electron chi connectivity index (χ3n) is 5.19. The van der Waals surface area contributed by atoms with Crippen molar-refractivity contribution in [2.75, 3.05) is 19.6 Å². The lowest BCUT2D eigenvalue weighted by molar-refractivity contribution is -0.129. The summed E-state index contributed by atoms with van der Waals surface area (Å²) in [5.74, 6) is -1.12. The lowest BCUT2D eigenvalue weighted by Crippen LogP contribution is -2.40. The van der Waals surface area contributed by atoms with Crippen molar-refractivity contribution in [3.8, 4) is 0 Å². The fourth-order valence-electron chi connectivity index (χ4n) is 3.53. The molecule has 3 heterocycles. The molecule has 8 nitrogen and oxygen atoms in total. The summed E-state index contributed by atoms with van der Waals surface area (Å²) in [6.45, 7) is 0.706. The molecule has 1 aromatic heterocycles. The zero-order valence-electron chi connectivity index (χ0n) is 17.0. The number of likely N-dealkylation sites (tertiary alicyclic amines) is 1. The fraction of sp³-hybridized carbons (Fsp3) is 0.273. The van der Waals surface area contributed by atoms with Crippen LogP contribution >= 0.6 is 11.8 Å². The lowest BCUT2D eigenvalue weighted by atomic mass is 10.1. The maximum atomic E-state index is 13.0. The number of carbonyl (C=O) groups excluding carboxylic acids is 4. The molecule has 0 aliphatic carbocycles. The average molecular weight is 457 g/mol. The van der Waals surface area contributed by atoms with Crippen molar-refractivity contribution in [1.29, 1.82) is 0 Å². The Morgan fingerprint density at radius 3 is 2.72 bits per heavy atom. The van der Waals surface area contributed by atoms with E-state index < -0.39 is 17.1 Å². The number of hydrogen-bond acceptors (Lipinski definition) is 6. The van der Waals surface area contributed by atoms with E-state index in [0.29, 0.717) is 17.9 Å². The van der Waals surface area contributed by atoms with E-state index in [9.17, 15) is 23.6 Å². The standard InChI is InChI=1S/C22H20FN3O5S/c23-16-5-3-14(4-6-16)10-18-21(29)26(22(30)32-18)8-7-24-20(28)15-11-19(27)25(12-15)13-17-2-1-9-31-17/h1-6,9-10,15H,7-8,11-13H2,(H,24,28)/b18-10-/t15-/m1/s1. The predicted octanol–water partition coefficient (Wildman–Crippen LogP) is 2.62. The van der Waals surface area contributed by atoms with Gasteiger partial charge in [-0.1, -0.05) is 12.1 Å². The topological polar surface area (TPSA) is 99.9 Å². The van der Waals surface area contributed by atoms with E-state index in [0.717, 1.165) is 16.7 Å². The Hall–Kier alpha value is -3.40. The number of furan rings is 1. The molecule has 1 atom stereocenters. The Bertz CT molecular complexity index is 1070. The summed E-state index contributed by atoms with van der Waals surface area (Å²) in [7, 11) is 0. The lowest BCUT2D eigenvalue weighted by Gasteiger charge is -2.16. The van der Waals surface area contributed by atoms with E-state index in [2.05, 4.69) is 5.32 Å². The normalized spacial score (nSPS) is 20.0. The second-order valence-electron chi connectivity index (χ2n) is 7.43. The minimum atomic E-state index is -0.495. The third-order valence-corrected chi connectivity index (χ3v) is 6.10. The SMILES string of the molecule is O=C(NCCN1C(=O)S/C(=C\c2ccc(F)cc2)C1=O)[C@@H]1CC(=O)N(Cc2ccco2)C1. The monoisotopic (exact) mass is 457 g/mol. The summed E-state index contributed by atoms with van der Waals surface area (Å²) in [5, 5.41) is 2.27. The highest BCUT2D eigenvalue weighted by molar-refractivity contribution is 8.18. The second-order valence-corrected chi connectivity index (χ2v) is 8.42. The number of benzene rings is 1. The van der Waals surface area contributed by atoms with Gasteiger partial charge < -0.3 is 14.6 Å². The van der Waals surface area contributed by atoms with Gasteiger partial charge in [-0.25, -0.2) is 4.39 Å². The van der Waals surface area contributed by atoms with E-state index in [1.54, 1.807) is 17.0 Å². The van der Waals surface area contributed by atoms with E-state index in [1.807, 2.05) is 0 Å². The van der Waals surface area contributed by atoms with Crippen LogP contribution in [0, 0.1) is 11.7 Å². The zero-order valence-corrected chi connectivity index (χ0v) is 17.8. The molecule has 1 N–H and O–H groups in total. The maximum absolute atomic E-state index is 13.0. The van der Waals surface area contributed by atoms with Gasteiger partial charge in [0.2, 0.25) is 11.8 Å². The summed E-state index contributed by atoms with van der Waals surface area (Å²) in [4.78, 5) is 52.2. The number of thioether (sulfide) groups is 1. The first-order valence-electron chi connectivity index (χ1n) is 9.99. The molecule has 0 radical (unpaired) electrons. The number of hydrogen-bond donors (Lipinski definition) is 1. The quantitative estimate of drug-likeness (QED) is 0.642. The molecule has 32 heavy (non-hydrogen) atoms. The summed E-state index contributed by atoms with van der Waals surface area (Å²) in [5.41, 5.74) is 0.607. The minimum absolute atomic E-state index is 0.0218. The van der Waals surface area contributed by atoms with Crippen molar-refractivity contribution >= 4 is 40.8 Å². The highest BCUT2D eigenvalue weighted by Crippen LogP contribution is 2.32. The van der Waals surface area contributed by atoms with Crippen LogP contribution in [0.5, 0.6) is 0 Å². The van der Waals surface area contributed by atoms with Crippen LogP contribution in [0.3, 0.4) is 0 Å². The summed E-state index contributed by atoms with van der Waals surface area (Å²) >= 11 is 0.799. The molecule has 0 bridgehead atoms. The smallest absolute Gasteiger partial charge is 0.293 e. The van der Waals surface area contributed by atoms with Crippen LogP contribution in [-0.4, -0.2) is 52.4 Å². The molecule has 2 aliphatic heterocycles. The van der Waals surface area contributed by atoms with Gasteiger partial charge in [0.1, 0.15) is 11.6 Å². The van der Waals surface area contributed by atoms with E-state index >= 15 is 0 Å². The molecule has 2 aromatic rings. The molecule has 2 aliphatic rings. The average Bonchev–Trinajstić information content (AvgIpc) is 3.47. The first-order valence-corrected chi connectivity index (χ1v) is 10.8. The van der Waals surface area contributed by atoms with Crippen molar-refractivity contribution in [2.45, 2.75) is 13.0 Å². The van der Waals surface area contributed by atoms with Gasteiger partial charge in [0, 0.05) is 26.1 Å². The zero-order chi connectivity index (χ0) is 22.7. The Morgan fingerprint density at radius 1 is 1.22 bits per heavy atom. The van der Waals surface area contributed by atoms with Gasteiger partial charge in [0.05, 0.1) is 23.6 Å². The van der Waals surface area contributed by atoms with Crippen LogP contribution in [0.15, 0.2) is 52.0 Å². The van der Waals surface area contributed by atoms with Gasteiger partial charge in [-0.2, -0.15) is 0 Å². The molecule has 4 rings (SSSR count). The number of halogens is 1. The van der Waals surface area contributed by atoms with Crippen molar-refractivity contribution in [3.63, 3.8) is 0 Å². The molecule has 1 aromatic carbocycles. The Morgan fingerprint density at radius 2 is 2.00 bits per heavy atom. The first kappa shape index (κ1) is 21.8. The second kappa shape index (κ2) is 9.39. The molecule has 10 heteroatoms. The number of amides is 4. The Labute approximate surface area is 187 Å². The maximum Gasteiger partial charge on any atom is 0.293 e. The van der Waals surface area contributed by atoms with Gasteiger partial charge in [-0.05, 0) is 47.7 Å². The number of imide groups is 1. The molecular weight excluding hydrogens is 437 g/mol. The van der Waals surface area contributed by atoms with Crippen LogP contribution in [0.4, 0.5) is 9.18 Å². The van der Waals surface area contributed by atoms with Crippen molar-refractivity contribution < 1.29 is 28.0 Å². The van der Waals surface area contributed by atoms with Crippen molar-refractivity contribution in [3.05, 3.63) is 64.7 Å². The molecule has 2 fully saturated rings. The highest BCUT2D eigenvalue weighted by atomic mass is 32.2. The van der Waals surface area contributed by atoms with Gasteiger partial charge >= 0.3 is 0 Å². The van der Waals surface area contributed by atoms with E-state index in [-0.39, 0.29) is 48.6 Å². The van der Waals surface area contributed by atoms with Gasteiger partial charge in [-0.15, -0.1) is 0 Å². The molecule has 2 saturated heterocycles. The number of nitrogens with zero attached hydrogens (tertiary/aromatic N) is 2. The van der Waals surface area contributed by atoms with Crippen molar-refractivity contribution in [2.24, 2.45) is 5.92 Å². The molecule has 166 valence electrons. The van der Waals surface area contributed by atoms with Crippen LogP contribution in [-0.2, 0) is 20.9 Å². The molecule has 0 saturated carbocycles. The van der Waals surface area contributed by atoms with Crippen LogP contribution < -0.4 is 5.32 Å². The molecule has 4 amide bonds. The number of nitrogens with one attached hydrogen (secondary N) is 1. The van der Waals surface area contributed by atoms with Gasteiger partial charge in [0.15, 0.2) is 0 Å². The first-order chi connectivity index (χ1) is 15.4. The van der Waals surface area contributed by atoms with Crippen LogP contribution in [0.2, 0.25) is 0 Å². The Balaban J connectivity index is 1.27. The Kier molecular flexibility index (Phi) is 6.40. The fourth-order valence-corrected chi connectivity index (χ4v) is 4.39. The minimum Gasteiger partial charge on any atom is -0.467 e. The van der Waals surface area contributed by atoms with Gasteiger partial charge in [-0.3, -0.25) is 24.1 Å². The third kappa shape index (κ3) is 4.91. The summed E-state index contributed by atoms with van der Waals surface area (Å²) in [6.07, 6.45) is 3.16. The number of carbonyl (C=O) groups is 4. The highest BCUT2D eigenvalue weighted by Gasteiger charge is 2.36. The summed E-state index contributed by atoms with van der Waals surface area (Å²) < 4.78 is 18.3. The van der Waals surface area contributed by atoms with E-state index in [1.165, 1.54) is 36.6 Å². The summed E-state index contributed by atoms with van der Waals surface area (Å²) in [6, 6.07) is 9.08. The predicted molar refractivity (Wildman–Crippen MR) is 114 cm³/mol. The largest absolute Gasteiger partial charge is 0.467 e.